The Balaban J connectivity index is 1.61. The van der Waals surface area contributed by atoms with Gasteiger partial charge in [-0.3, -0.25) is 10.1 Å². The second-order valence-electron chi connectivity index (χ2n) is 6.21. The summed E-state index contributed by atoms with van der Waals surface area (Å²) >= 11 is 12.1. The average Bonchev–Trinajstić information content (AvgIpc) is 3.15. The topological polar surface area (TPSA) is 63.5 Å². The molecular weight excluding hydrogens is 520 g/mol. The Morgan fingerprint density at radius 1 is 1.10 bits per heavy atom. The summed E-state index contributed by atoms with van der Waals surface area (Å²) in [6, 6.07) is 15.2. The minimum Gasteiger partial charge on any atom is -0.496 e. The highest BCUT2D eigenvalue weighted by molar-refractivity contribution is 9.10. The number of amides is 1. The van der Waals surface area contributed by atoms with Gasteiger partial charge in [0.2, 0.25) is 0 Å². The number of rotatable bonds is 5. The van der Waals surface area contributed by atoms with Gasteiger partial charge in [0.1, 0.15) is 17.3 Å². The van der Waals surface area contributed by atoms with Gasteiger partial charge in [0.05, 0.1) is 19.2 Å². The van der Waals surface area contributed by atoms with Gasteiger partial charge in [-0.1, -0.05) is 44.0 Å². The van der Waals surface area contributed by atoms with Crippen LogP contribution in [-0.4, -0.2) is 18.1 Å². The number of hydrogen-bond acceptors (Lipinski definition) is 4. The minimum atomic E-state index is -0.348. The standard InChI is InChI=1S/C21H18Br2N2O3S/c1-12-9-15(23)10-17(19(12)27-2)20(26)25-21(29)24-11-16-7-8-18(28-16)13-3-5-14(22)6-4-13/h3-10H,11H2,1-2H3,(H2,24,25,26,29). The van der Waals surface area contributed by atoms with Crippen molar-refractivity contribution in [1.29, 1.82) is 0 Å². The molecular formula is C21H18Br2N2O3S. The van der Waals surface area contributed by atoms with Crippen LogP contribution in [0.2, 0.25) is 0 Å². The van der Waals surface area contributed by atoms with Gasteiger partial charge in [0, 0.05) is 14.5 Å². The van der Waals surface area contributed by atoms with Crippen LogP contribution in [0.25, 0.3) is 11.3 Å². The van der Waals surface area contributed by atoms with Crippen LogP contribution in [0.4, 0.5) is 0 Å². The van der Waals surface area contributed by atoms with Crippen LogP contribution in [0.5, 0.6) is 5.75 Å². The van der Waals surface area contributed by atoms with E-state index in [0.717, 1.165) is 25.8 Å². The number of aryl methyl sites for hydroxylation is 1. The molecule has 0 radical (unpaired) electrons. The first-order valence-electron chi connectivity index (χ1n) is 8.65. The molecule has 5 nitrogen and oxygen atoms in total. The van der Waals surface area contributed by atoms with E-state index in [4.69, 9.17) is 21.4 Å². The maximum Gasteiger partial charge on any atom is 0.261 e. The molecule has 3 rings (SSSR count). The Kier molecular flexibility index (Phi) is 7.10. The summed E-state index contributed by atoms with van der Waals surface area (Å²) in [5, 5.41) is 5.86. The van der Waals surface area contributed by atoms with Gasteiger partial charge in [0.15, 0.2) is 5.11 Å². The largest absolute Gasteiger partial charge is 0.496 e. The highest BCUT2D eigenvalue weighted by Gasteiger charge is 2.17. The van der Waals surface area contributed by atoms with Gasteiger partial charge < -0.3 is 14.5 Å². The zero-order chi connectivity index (χ0) is 21.0. The Hall–Kier alpha value is -2.16. The van der Waals surface area contributed by atoms with E-state index in [1.54, 1.807) is 6.07 Å². The number of carbonyl (C=O) groups excluding carboxylic acids is 1. The fourth-order valence-electron chi connectivity index (χ4n) is 2.79. The molecule has 1 heterocycles. The molecule has 0 saturated heterocycles. The lowest BCUT2D eigenvalue weighted by atomic mass is 10.1. The molecule has 0 fully saturated rings. The van der Waals surface area contributed by atoms with E-state index in [9.17, 15) is 4.79 Å². The molecule has 1 aromatic heterocycles. The molecule has 150 valence electrons. The lowest BCUT2D eigenvalue weighted by Crippen LogP contribution is -2.39. The Morgan fingerprint density at radius 3 is 2.52 bits per heavy atom. The van der Waals surface area contributed by atoms with E-state index in [1.165, 1.54) is 7.11 Å². The van der Waals surface area contributed by atoms with Crippen molar-refractivity contribution in [2.75, 3.05) is 7.11 Å². The predicted molar refractivity (Wildman–Crippen MR) is 124 cm³/mol. The van der Waals surface area contributed by atoms with Crippen LogP contribution in [0.1, 0.15) is 21.7 Å². The van der Waals surface area contributed by atoms with Crippen molar-refractivity contribution in [3.05, 3.63) is 74.4 Å². The average molecular weight is 538 g/mol. The molecule has 29 heavy (non-hydrogen) atoms. The molecule has 2 aromatic carbocycles. The number of methoxy groups -OCH3 is 1. The summed E-state index contributed by atoms with van der Waals surface area (Å²) in [6.45, 7) is 2.22. The van der Waals surface area contributed by atoms with E-state index >= 15 is 0 Å². The lowest BCUT2D eigenvalue weighted by molar-refractivity contribution is 0.0973. The maximum absolute atomic E-state index is 12.6. The molecule has 0 unspecified atom stereocenters. The fourth-order valence-corrected chi connectivity index (χ4v) is 3.80. The normalized spacial score (nSPS) is 10.5. The van der Waals surface area contributed by atoms with Crippen molar-refractivity contribution in [2.45, 2.75) is 13.5 Å². The van der Waals surface area contributed by atoms with Gasteiger partial charge in [-0.25, -0.2) is 0 Å². The van der Waals surface area contributed by atoms with Gasteiger partial charge in [-0.2, -0.15) is 0 Å². The Morgan fingerprint density at radius 2 is 1.83 bits per heavy atom. The fraction of sp³-hybridized carbons (Fsp3) is 0.143. The van der Waals surface area contributed by atoms with Crippen LogP contribution in [-0.2, 0) is 6.54 Å². The molecule has 0 aliphatic heterocycles. The summed E-state index contributed by atoms with van der Waals surface area (Å²) in [4.78, 5) is 12.6. The first-order valence-corrected chi connectivity index (χ1v) is 10.6. The van der Waals surface area contributed by atoms with Gasteiger partial charge in [0.25, 0.3) is 5.91 Å². The highest BCUT2D eigenvalue weighted by Crippen LogP contribution is 2.28. The third kappa shape index (κ3) is 5.46. The number of halogens is 2. The smallest absolute Gasteiger partial charge is 0.261 e. The van der Waals surface area contributed by atoms with Crippen LogP contribution < -0.4 is 15.4 Å². The molecule has 1 amide bonds. The van der Waals surface area contributed by atoms with Gasteiger partial charge in [-0.15, -0.1) is 0 Å². The second kappa shape index (κ2) is 9.56. The Labute approximate surface area is 191 Å². The highest BCUT2D eigenvalue weighted by atomic mass is 79.9. The van der Waals surface area contributed by atoms with Crippen molar-refractivity contribution in [1.82, 2.24) is 10.6 Å². The third-order valence-electron chi connectivity index (χ3n) is 4.13. The van der Waals surface area contributed by atoms with Crippen molar-refractivity contribution in [3.63, 3.8) is 0 Å². The number of hydrogen-bond donors (Lipinski definition) is 2. The molecule has 0 saturated carbocycles. The molecule has 0 atom stereocenters. The number of benzene rings is 2. The SMILES string of the molecule is COc1c(C)cc(Br)cc1C(=O)NC(=S)NCc1ccc(-c2ccc(Br)cc2)o1. The van der Waals surface area contributed by atoms with Crippen molar-refractivity contribution in [3.8, 4) is 17.1 Å². The maximum atomic E-state index is 12.6. The summed E-state index contributed by atoms with van der Waals surface area (Å²) in [5.41, 5.74) is 2.23. The summed E-state index contributed by atoms with van der Waals surface area (Å²) < 4.78 is 13.0. The molecule has 0 aliphatic carbocycles. The van der Waals surface area contributed by atoms with E-state index in [0.29, 0.717) is 23.6 Å². The Bertz CT molecular complexity index is 1050. The van der Waals surface area contributed by atoms with Gasteiger partial charge >= 0.3 is 0 Å². The van der Waals surface area contributed by atoms with Gasteiger partial charge in [-0.05, 0) is 61.1 Å². The zero-order valence-corrected chi connectivity index (χ0v) is 19.7. The first kappa shape index (κ1) is 21.5. The summed E-state index contributed by atoms with van der Waals surface area (Å²) in [7, 11) is 1.53. The minimum absolute atomic E-state index is 0.205. The van der Waals surface area contributed by atoms with E-state index in [2.05, 4.69) is 42.5 Å². The van der Waals surface area contributed by atoms with Crippen molar-refractivity contribution in [2.24, 2.45) is 0 Å². The lowest BCUT2D eigenvalue weighted by Gasteiger charge is -2.13. The molecule has 0 bridgehead atoms. The van der Waals surface area contributed by atoms with Crippen molar-refractivity contribution >= 4 is 55.1 Å². The predicted octanol–water partition coefficient (Wildman–Crippen LogP) is 5.59. The summed E-state index contributed by atoms with van der Waals surface area (Å²) in [6.07, 6.45) is 0. The van der Waals surface area contributed by atoms with Crippen LogP contribution in [0.15, 0.2) is 61.9 Å². The monoisotopic (exact) mass is 536 g/mol. The number of nitrogens with one attached hydrogen (secondary N) is 2. The third-order valence-corrected chi connectivity index (χ3v) is 5.36. The summed E-state index contributed by atoms with van der Waals surface area (Å²) in [5.74, 6) is 1.63. The van der Waals surface area contributed by atoms with Crippen molar-refractivity contribution < 1.29 is 13.9 Å². The number of thiocarbonyl (C=S) groups is 1. The number of ether oxygens (including phenoxy) is 1. The molecule has 0 spiro atoms. The van der Waals surface area contributed by atoms with E-state index in [1.807, 2.05) is 49.4 Å². The van der Waals surface area contributed by atoms with E-state index < -0.39 is 0 Å². The molecule has 8 heteroatoms. The molecule has 0 aliphatic rings. The number of furan rings is 1. The zero-order valence-electron chi connectivity index (χ0n) is 15.7. The quantitative estimate of drug-likeness (QED) is 0.415. The van der Waals surface area contributed by atoms with Crippen LogP contribution in [0, 0.1) is 6.92 Å². The molecule has 2 N–H and O–H groups in total. The van der Waals surface area contributed by atoms with E-state index in [-0.39, 0.29) is 11.0 Å². The number of carbonyl (C=O) groups is 1. The first-order chi connectivity index (χ1) is 13.9. The molecule has 3 aromatic rings. The van der Waals surface area contributed by atoms with Crippen LogP contribution >= 0.6 is 44.1 Å². The second-order valence-corrected chi connectivity index (χ2v) is 8.45. The van der Waals surface area contributed by atoms with Crippen LogP contribution in [0.3, 0.4) is 0 Å².